The average Bonchev–Trinajstić information content (AvgIpc) is 2.32. The Morgan fingerprint density at radius 1 is 0.773 bits per heavy atom. The van der Waals surface area contributed by atoms with Crippen molar-refractivity contribution in [3.63, 3.8) is 0 Å². The lowest BCUT2D eigenvalue weighted by atomic mass is 9.51. The van der Waals surface area contributed by atoms with E-state index in [2.05, 4.69) is 0 Å². The van der Waals surface area contributed by atoms with Crippen LogP contribution in [-0.4, -0.2) is 45.6 Å². The second-order valence-corrected chi connectivity index (χ2v) is 7.36. The molecule has 0 aromatic carbocycles. The van der Waals surface area contributed by atoms with Gasteiger partial charge in [0.25, 0.3) is 0 Å². The quantitative estimate of drug-likeness (QED) is 0.641. The Morgan fingerprint density at radius 2 is 1.23 bits per heavy atom. The fourth-order valence-electron chi connectivity index (χ4n) is 5.33. The Bertz CT molecular complexity index is 378. The van der Waals surface area contributed by atoms with Gasteiger partial charge < -0.3 is 29.5 Å². The fourth-order valence-corrected chi connectivity index (χ4v) is 5.33. The maximum atomic E-state index is 9.86. The molecule has 0 radical (unpaired) electrons. The lowest BCUT2D eigenvalue weighted by molar-refractivity contribution is -0.456. The third-order valence-electron chi connectivity index (χ3n) is 5.40. The van der Waals surface area contributed by atoms with Gasteiger partial charge >= 0.3 is 0 Å². The summed E-state index contributed by atoms with van der Waals surface area (Å²) in [5, 5.41) is 29.6. The molecular weight excluding hydrogens is 288 g/mol. The van der Waals surface area contributed by atoms with Gasteiger partial charge in [0.2, 0.25) is 5.79 Å². The molecule has 3 N–H and O–H groups in total. The van der Waals surface area contributed by atoms with Crippen LogP contribution in [0.25, 0.3) is 0 Å². The predicted octanol–water partition coefficient (Wildman–Crippen LogP) is 1.33. The molecule has 22 heavy (non-hydrogen) atoms. The smallest absolute Gasteiger partial charge is 0.205 e. The van der Waals surface area contributed by atoms with Crippen molar-refractivity contribution in [2.75, 3.05) is 0 Å². The summed E-state index contributed by atoms with van der Waals surface area (Å²) in [5.74, 6) is -0.0967. The number of hydrogen-bond donors (Lipinski definition) is 3. The Kier molecular flexibility index (Phi) is 4.29. The summed E-state index contributed by atoms with van der Waals surface area (Å²) in [5.41, 5.74) is -0.816. The summed E-state index contributed by atoms with van der Waals surface area (Å²) in [6, 6.07) is 0. The predicted molar refractivity (Wildman–Crippen MR) is 77.3 cm³/mol. The van der Waals surface area contributed by atoms with Gasteiger partial charge in [-0.25, -0.2) is 0 Å². The van der Waals surface area contributed by atoms with Gasteiger partial charge in [-0.3, -0.25) is 0 Å². The molecule has 0 amide bonds. The van der Waals surface area contributed by atoms with Crippen molar-refractivity contribution in [3.8, 4) is 0 Å². The first kappa shape index (κ1) is 16.6. The molecule has 0 spiro atoms. The van der Waals surface area contributed by atoms with Crippen molar-refractivity contribution in [2.24, 2.45) is 17.8 Å². The van der Waals surface area contributed by atoms with Gasteiger partial charge in [0.15, 0.2) is 18.9 Å². The molecule has 0 aromatic heterocycles. The summed E-state index contributed by atoms with van der Waals surface area (Å²) in [6.07, 6.45) is 1.50. The molecule has 6 heteroatoms. The molecule has 4 aliphatic carbocycles. The molecule has 5 unspecified atom stereocenters. The van der Waals surface area contributed by atoms with Crippen LogP contribution in [0.15, 0.2) is 0 Å². The molecule has 0 heterocycles. The van der Waals surface area contributed by atoms with Gasteiger partial charge in [-0.1, -0.05) is 0 Å². The van der Waals surface area contributed by atoms with Gasteiger partial charge in [-0.2, -0.15) is 0 Å². The van der Waals surface area contributed by atoms with Crippen LogP contribution in [0.1, 0.15) is 52.9 Å². The van der Waals surface area contributed by atoms with Crippen LogP contribution in [0.3, 0.4) is 0 Å². The van der Waals surface area contributed by atoms with Gasteiger partial charge in [-0.15, -0.1) is 0 Å². The SMILES string of the molecule is CC(O)OC12CC3CC(CC(C3)C1(OC(C)O)OC(C)O)C2. The van der Waals surface area contributed by atoms with E-state index in [0.29, 0.717) is 11.8 Å². The Balaban J connectivity index is 2.02. The Morgan fingerprint density at radius 3 is 1.64 bits per heavy atom. The van der Waals surface area contributed by atoms with Gasteiger partial charge in [0.1, 0.15) is 5.60 Å². The van der Waals surface area contributed by atoms with E-state index < -0.39 is 30.3 Å². The van der Waals surface area contributed by atoms with E-state index in [9.17, 15) is 15.3 Å². The number of ether oxygens (including phenoxy) is 3. The van der Waals surface area contributed by atoms with E-state index in [0.717, 1.165) is 25.7 Å². The zero-order valence-electron chi connectivity index (χ0n) is 13.6. The monoisotopic (exact) mass is 316 g/mol. The van der Waals surface area contributed by atoms with Crippen LogP contribution >= 0.6 is 0 Å². The fraction of sp³-hybridized carbons (Fsp3) is 1.00. The molecule has 4 aliphatic rings. The molecule has 128 valence electrons. The van der Waals surface area contributed by atoms with E-state index in [4.69, 9.17) is 14.2 Å². The topological polar surface area (TPSA) is 88.4 Å². The summed E-state index contributed by atoms with van der Waals surface area (Å²) in [7, 11) is 0. The minimum atomic E-state index is -1.21. The van der Waals surface area contributed by atoms with Gasteiger partial charge in [0, 0.05) is 5.92 Å². The zero-order chi connectivity index (χ0) is 16.1. The molecular formula is C16H28O6. The van der Waals surface area contributed by atoms with Crippen LogP contribution in [0.2, 0.25) is 0 Å². The molecule has 0 aliphatic heterocycles. The van der Waals surface area contributed by atoms with Crippen molar-refractivity contribution < 1.29 is 29.5 Å². The van der Waals surface area contributed by atoms with Crippen LogP contribution in [0.5, 0.6) is 0 Å². The molecule has 4 saturated carbocycles. The second kappa shape index (κ2) is 5.69. The summed E-state index contributed by atoms with van der Waals surface area (Å²) < 4.78 is 17.7. The standard InChI is InChI=1S/C16H28O6/c1-9(17)20-15-7-12-4-13(8-15)6-14(5-12)16(15,21-10(2)18)22-11(3)19/h9-14,17-19H,4-8H2,1-3H3. The average molecular weight is 316 g/mol. The van der Waals surface area contributed by atoms with Crippen molar-refractivity contribution in [1.29, 1.82) is 0 Å². The van der Waals surface area contributed by atoms with E-state index in [1.165, 1.54) is 20.3 Å². The van der Waals surface area contributed by atoms with E-state index in [1.807, 2.05) is 0 Å². The minimum absolute atomic E-state index is 0.0571. The van der Waals surface area contributed by atoms with Crippen molar-refractivity contribution in [3.05, 3.63) is 0 Å². The molecule has 4 fully saturated rings. The summed E-state index contributed by atoms with van der Waals surface area (Å²) >= 11 is 0. The highest BCUT2D eigenvalue weighted by Crippen LogP contribution is 2.63. The highest BCUT2D eigenvalue weighted by Gasteiger charge is 2.70. The van der Waals surface area contributed by atoms with Crippen LogP contribution in [0.4, 0.5) is 0 Å². The number of aliphatic hydroxyl groups is 3. The van der Waals surface area contributed by atoms with Gasteiger partial charge in [0.05, 0.1) is 0 Å². The lowest BCUT2D eigenvalue weighted by Crippen LogP contribution is -2.73. The first-order valence-corrected chi connectivity index (χ1v) is 8.34. The largest absolute Gasteiger partial charge is 0.368 e. The third-order valence-corrected chi connectivity index (χ3v) is 5.40. The van der Waals surface area contributed by atoms with Crippen molar-refractivity contribution in [1.82, 2.24) is 0 Å². The summed E-state index contributed by atoms with van der Waals surface area (Å²) in [6.45, 7) is 4.65. The minimum Gasteiger partial charge on any atom is -0.368 e. The van der Waals surface area contributed by atoms with E-state index in [1.54, 1.807) is 6.92 Å². The van der Waals surface area contributed by atoms with E-state index >= 15 is 0 Å². The Hall–Kier alpha value is -0.240. The first-order chi connectivity index (χ1) is 10.3. The zero-order valence-corrected chi connectivity index (χ0v) is 13.6. The maximum Gasteiger partial charge on any atom is 0.205 e. The molecule has 0 saturated heterocycles. The molecule has 4 rings (SSSR count). The molecule has 5 atom stereocenters. The number of aliphatic hydroxyl groups excluding tert-OH is 3. The van der Waals surface area contributed by atoms with Crippen LogP contribution in [0, 0.1) is 17.8 Å². The highest BCUT2D eigenvalue weighted by molar-refractivity contribution is 5.14. The third kappa shape index (κ3) is 2.60. The maximum absolute atomic E-state index is 9.86. The lowest BCUT2D eigenvalue weighted by Gasteiger charge is -2.65. The van der Waals surface area contributed by atoms with Crippen molar-refractivity contribution in [2.45, 2.75) is 83.1 Å². The normalized spacial score (nSPS) is 47.5. The summed E-state index contributed by atoms with van der Waals surface area (Å²) in [4.78, 5) is 0. The highest BCUT2D eigenvalue weighted by atomic mass is 16.8. The molecule has 0 aromatic rings. The van der Waals surface area contributed by atoms with E-state index in [-0.39, 0.29) is 5.92 Å². The molecule has 6 nitrogen and oxygen atoms in total. The van der Waals surface area contributed by atoms with Gasteiger partial charge in [-0.05, 0) is 64.7 Å². The molecule has 4 bridgehead atoms. The first-order valence-electron chi connectivity index (χ1n) is 8.34. The van der Waals surface area contributed by atoms with Crippen LogP contribution < -0.4 is 0 Å². The van der Waals surface area contributed by atoms with Crippen molar-refractivity contribution >= 4 is 0 Å². The second-order valence-electron chi connectivity index (χ2n) is 7.36. The Labute approximate surface area is 131 Å². The number of hydrogen-bond acceptors (Lipinski definition) is 6. The number of rotatable bonds is 6. The van der Waals surface area contributed by atoms with Crippen LogP contribution in [-0.2, 0) is 14.2 Å².